The van der Waals surface area contributed by atoms with E-state index < -0.39 is 11.6 Å². The van der Waals surface area contributed by atoms with E-state index in [9.17, 15) is 8.78 Å². The summed E-state index contributed by atoms with van der Waals surface area (Å²) >= 11 is 0. The topological polar surface area (TPSA) is 9.23 Å². The molecule has 0 heterocycles. The molecule has 0 aliphatic heterocycles. The van der Waals surface area contributed by atoms with Crippen molar-refractivity contribution in [2.75, 3.05) is 7.11 Å². The fraction of sp³-hybridized carbons (Fsp3) is 0.111. The lowest BCUT2D eigenvalue weighted by atomic mass is 10.2. The Labute approximate surface area is 69.3 Å². The van der Waals surface area contributed by atoms with Crippen LogP contribution in [0.2, 0.25) is 0 Å². The van der Waals surface area contributed by atoms with Gasteiger partial charge in [0.1, 0.15) is 17.4 Å². The van der Waals surface area contributed by atoms with Crippen LogP contribution in [0.1, 0.15) is 5.56 Å². The van der Waals surface area contributed by atoms with Crippen LogP contribution in [0.25, 0.3) is 5.76 Å². The van der Waals surface area contributed by atoms with Gasteiger partial charge in [-0.15, -0.1) is 0 Å². The average Bonchev–Trinajstić information content (AvgIpc) is 2.03. The molecule has 64 valence electrons. The maximum absolute atomic E-state index is 12.9. The molecule has 0 saturated heterocycles. The maximum atomic E-state index is 12.9. The third-order valence-electron chi connectivity index (χ3n) is 1.49. The van der Waals surface area contributed by atoms with E-state index in [1.54, 1.807) is 0 Å². The van der Waals surface area contributed by atoms with Gasteiger partial charge in [-0.1, -0.05) is 12.6 Å². The maximum Gasteiger partial charge on any atom is 0.137 e. The first-order valence-electron chi connectivity index (χ1n) is 3.34. The summed E-state index contributed by atoms with van der Waals surface area (Å²) in [6, 6.07) is 3.60. The standard InChI is InChI=1S/C9H8F2O/c1-6(12-2)9-7(10)4-3-5-8(9)11/h3-5H,1H2,2H3. The molecule has 0 bridgehead atoms. The number of hydrogen-bond donors (Lipinski definition) is 0. The van der Waals surface area contributed by atoms with Crippen LogP contribution in [0.4, 0.5) is 8.78 Å². The largest absolute Gasteiger partial charge is 0.497 e. The van der Waals surface area contributed by atoms with Gasteiger partial charge in [0.15, 0.2) is 0 Å². The number of benzene rings is 1. The molecule has 12 heavy (non-hydrogen) atoms. The molecule has 0 unspecified atom stereocenters. The fourth-order valence-corrected chi connectivity index (χ4v) is 0.866. The summed E-state index contributed by atoms with van der Waals surface area (Å²) in [5.74, 6) is -1.34. The van der Waals surface area contributed by atoms with Gasteiger partial charge in [0.2, 0.25) is 0 Å². The van der Waals surface area contributed by atoms with Crippen molar-refractivity contribution in [3.8, 4) is 0 Å². The molecule has 0 radical (unpaired) electrons. The van der Waals surface area contributed by atoms with Gasteiger partial charge in [0.05, 0.1) is 12.7 Å². The Kier molecular flexibility index (Phi) is 2.43. The van der Waals surface area contributed by atoms with E-state index in [0.29, 0.717) is 0 Å². The number of methoxy groups -OCH3 is 1. The Morgan fingerprint density at radius 3 is 2.25 bits per heavy atom. The second-order valence-corrected chi connectivity index (χ2v) is 2.22. The predicted molar refractivity (Wildman–Crippen MR) is 42.4 cm³/mol. The second kappa shape index (κ2) is 3.34. The van der Waals surface area contributed by atoms with E-state index in [-0.39, 0.29) is 11.3 Å². The highest BCUT2D eigenvalue weighted by molar-refractivity contribution is 5.58. The monoisotopic (exact) mass is 170 g/mol. The molecule has 0 fully saturated rings. The van der Waals surface area contributed by atoms with Crippen LogP contribution in [0.5, 0.6) is 0 Å². The Bertz CT molecular complexity index is 287. The third kappa shape index (κ3) is 1.44. The first kappa shape index (κ1) is 8.71. The summed E-state index contributed by atoms with van der Waals surface area (Å²) in [5, 5.41) is 0. The highest BCUT2D eigenvalue weighted by atomic mass is 19.1. The minimum Gasteiger partial charge on any atom is -0.497 e. The Hall–Kier alpha value is -1.38. The van der Waals surface area contributed by atoms with Crippen molar-refractivity contribution in [1.29, 1.82) is 0 Å². The van der Waals surface area contributed by atoms with Gasteiger partial charge in [-0.25, -0.2) is 8.78 Å². The Morgan fingerprint density at radius 2 is 1.83 bits per heavy atom. The lowest BCUT2D eigenvalue weighted by Crippen LogP contribution is -1.94. The van der Waals surface area contributed by atoms with E-state index in [1.165, 1.54) is 13.2 Å². The fourth-order valence-electron chi connectivity index (χ4n) is 0.866. The zero-order valence-electron chi connectivity index (χ0n) is 6.60. The first-order valence-corrected chi connectivity index (χ1v) is 3.34. The lowest BCUT2D eigenvalue weighted by Gasteiger charge is -2.05. The summed E-state index contributed by atoms with van der Waals surface area (Å²) in [5.41, 5.74) is -0.208. The van der Waals surface area contributed by atoms with Crippen molar-refractivity contribution in [2.45, 2.75) is 0 Å². The molecule has 0 amide bonds. The summed E-state index contributed by atoms with van der Waals surface area (Å²) in [6.07, 6.45) is 0. The number of rotatable bonds is 2. The highest BCUT2D eigenvalue weighted by Crippen LogP contribution is 2.20. The molecular formula is C9H8F2O. The SMILES string of the molecule is C=C(OC)c1c(F)cccc1F. The third-order valence-corrected chi connectivity index (χ3v) is 1.49. The van der Waals surface area contributed by atoms with E-state index in [1.807, 2.05) is 0 Å². The van der Waals surface area contributed by atoms with Crippen LogP contribution >= 0.6 is 0 Å². The van der Waals surface area contributed by atoms with Gasteiger partial charge in [-0.2, -0.15) is 0 Å². The summed E-state index contributed by atoms with van der Waals surface area (Å²) in [6.45, 7) is 3.36. The average molecular weight is 170 g/mol. The van der Waals surface area contributed by atoms with Crippen molar-refractivity contribution in [2.24, 2.45) is 0 Å². The van der Waals surface area contributed by atoms with Crippen molar-refractivity contribution in [3.05, 3.63) is 42.0 Å². The van der Waals surface area contributed by atoms with Crippen LogP contribution in [-0.2, 0) is 4.74 Å². The van der Waals surface area contributed by atoms with Gasteiger partial charge < -0.3 is 4.74 Å². The van der Waals surface area contributed by atoms with Gasteiger partial charge in [-0.3, -0.25) is 0 Å². The normalized spacial score (nSPS) is 9.58. The summed E-state index contributed by atoms with van der Waals surface area (Å²) in [4.78, 5) is 0. The minimum atomic E-state index is -0.665. The van der Waals surface area contributed by atoms with Crippen LogP contribution in [-0.4, -0.2) is 7.11 Å². The molecule has 0 atom stereocenters. The number of halogens is 2. The van der Waals surface area contributed by atoms with Gasteiger partial charge in [0, 0.05) is 0 Å². The Morgan fingerprint density at radius 1 is 1.33 bits per heavy atom. The van der Waals surface area contributed by atoms with Gasteiger partial charge >= 0.3 is 0 Å². The van der Waals surface area contributed by atoms with E-state index in [0.717, 1.165) is 12.1 Å². The molecule has 3 heteroatoms. The van der Waals surface area contributed by atoms with Gasteiger partial charge in [-0.05, 0) is 12.1 Å². The lowest BCUT2D eigenvalue weighted by molar-refractivity contribution is 0.365. The molecular weight excluding hydrogens is 162 g/mol. The van der Waals surface area contributed by atoms with Crippen molar-refractivity contribution in [1.82, 2.24) is 0 Å². The molecule has 1 rings (SSSR count). The molecule has 0 saturated carbocycles. The highest BCUT2D eigenvalue weighted by Gasteiger charge is 2.11. The van der Waals surface area contributed by atoms with Crippen LogP contribution < -0.4 is 0 Å². The zero-order chi connectivity index (χ0) is 9.14. The molecule has 0 aliphatic rings. The smallest absolute Gasteiger partial charge is 0.137 e. The van der Waals surface area contributed by atoms with Crippen LogP contribution in [0, 0.1) is 11.6 Å². The van der Waals surface area contributed by atoms with Crippen molar-refractivity contribution >= 4 is 5.76 Å². The number of hydrogen-bond acceptors (Lipinski definition) is 1. The molecule has 1 nitrogen and oxygen atoms in total. The summed E-state index contributed by atoms with van der Waals surface area (Å²) < 4.78 is 30.4. The molecule has 0 spiro atoms. The summed E-state index contributed by atoms with van der Waals surface area (Å²) in [7, 11) is 1.31. The molecule has 1 aromatic rings. The second-order valence-electron chi connectivity index (χ2n) is 2.22. The van der Waals surface area contributed by atoms with Crippen LogP contribution in [0.15, 0.2) is 24.8 Å². The van der Waals surface area contributed by atoms with Crippen molar-refractivity contribution in [3.63, 3.8) is 0 Å². The minimum absolute atomic E-state index is 0.00870. The zero-order valence-corrected chi connectivity index (χ0v) is 6.60. The van der Waals surface area contributed by atoms with E-state index in [4.69, 9.17) is 0 Å². The molecule has 0 N–H and O–H groups in total. The first-order chi connectivity index (χ1) is 5.66. The predicted octanol–water partition coefficient (Wildman–Crippen LogP) is 2.58. The molecule has 0 aromatic heterocycles. The van der Waals surface area contributed by atoms with E-state index >= 15 is 0 Å². The van der Waals surface area contributed by atoms with Crippen LogP contribution in [0.3, 0.4) is 0 Å². The Balaban J connectivity index is 3.21. The molecule has 1 aromatic carbocycles. The number of ether oxygens (including phenoxy) is 1. The van der Waals surface area contributed by atoms with Crippen molar-refractivity contribution < 1.29 is 13.5 Å². The molecule has 0 aliphatic carbocycles. The quantitative estimate of drug-likeness (QED) is 0.620. The van der Waals surface area contributed by atoms with Gasteiger partial charge in [0.25, 0.3) is 0 Å². The van der Waals surface area contributed by atoms with E-state index in [2.05, 4.69) is 11.3 Å².